The number of benzene rings is 2. The molecular weight excluding hydrogens is 538 g/mol. The monoisotopic (exact) mass is 575 g/mol. The third-order valence-electron chi connectivity index (χ3n) is 8.23. The molecule has 2 aliphatic heterocycles. The molecule has 0 spiro atoms. The van der Waals surface area contributed by atoms with E-state index in [0.717, 1.165) is 57.7 Å². The number of halogens is 4. The van der Waals surface area contributed by atoms with Gasteiger partial charge in [-0.25, -0.2) is 4.39 Å². The first-order valence-corrected chi connectivity index (χ1v) is 14.2. The molecule has 2 atom stereocenters. The van der Waals surface area contributed by atoms with Gasteiger partial charge in [0.2, 0.25) is 0 Å². The second-order valence-corrected chi connectivity index (χ2v) is 11.2. The summed E-state index contributed by atoms with van der Waals surface area (Å²) in [6.07, 6.45) is -1.84. The number of nitrogens with zero attached hydrogens (tertiary/aromatic N) is 3. The lowest BCUT2D eigenvalue weighted by molar-refractivity contribution is -0.274. The molecule has 0 aromatic heterocycles. The predicted octanol–water partition coefficient (Wildman–Crippen LogP) is 6.46. The van der Waals surface area contributed by atoms with Gasteiger partial charge in [-0.05, 0) is 80.2 Å². The van der Waals surface area contributed by atoms with Crippen LogP contribution in [0.5, 0.6) is 5.75 Å². The molecule has 0 bridgehead atoms. The highest BCUT2D eigenvalue weighted by Crippen LogP contribution is 2.43. The molecule has 2 saturated heterocycles. The molecule has 0 amide bonds. The third-order valence-corrected chi connectivity index (χ3v) is 8.23. The average molecular weight is 576 g/mol. The number of anilines is 1. The zero-order valence-corrected chi connectivity index (χ0v) is 23.5. The maximum atomic E-state index is 14.3. The first-order chi connectivity index (χ1) is 19.5. The number of hydrogen-bond donors (Lipinski definition) is 0. The van der Waals surface area contributed by atoms with Crippen LogP contribution in [-0.2, 0) is 14.9 Å². The maximum absolute atomic E-state index is 14.3. The normalized spacial score (nSPS) is 19.1. The highest BCUT2D eigenvalue weighted by Gasteiger charge is 2.45. The minimum atomic E-state index is -4.71. The Morgan fingerprint density at radius 1 is 1.12 bits per heavy atom. The molecule has 222 valence electrons. The Labute approximate surface area is 238 Å². The van der Waals surface area contributed by atoms with Gasteiger partial charge in [-0.15, -0.1) is 13.2 Å². The van der Waals surface area contributed by atoms with E-state index in [1.165, 1.54) is 31.2 Å². The molecule has 2 aromatic carbocycles. The van der Waals surface area contributed by atoms with Gasteiger partial charge < -0.3 is 19.3 Å². The van der Waals surface area contributed by atoms with E-state index in [1.54, 1.807) is 24.3 Å². The van der Waals surface area contributed by atoms with Crippen molar-refractivity contribution in [1.82, 2.24) is 4.90 Å². The Morgan fingerprint density at radius 2 is 1.80 bits per heavy atom. The molecule has 2 unspecified atom stereocenters. The van der Waals surface area contributed by atoms with Gasteiger partial charge in [0.25, 0.3) is 0 Å². The number of likely N-dealkylation sites (tertiary alicyclic amines) is 1. The van der Waals surface area contributed by atoms with Gasteiger partial charge in [0, 0.05) is 44.6 Å². The number of hydrogen-bond acceptors (Lipinski definition) is 6. The van der Waals surface area contributed by atoms with Crippen molar-refractivity contribution >= 4 is 11.7 Å². The Hall–Kier alpha value is -3.32. The van der Waals surface area contributed by atoms with Gasteiger partial charge in [0.1, 0.15) is 17.7 Å². The summed E-state index contributed by atoms with van der Waals surface area (Å²) in [6.45, 7) is 7.49. The summed E-state index contributed by atoms with van der Waals surface area (Å²) in [5.41, 5.74) is 0.518. The fraction of sp³-hybridized carbons (Fsp3) is 0.548. The van der Waals surface area contributed by atoms with Crippen LogP contribution in [0.15, 0.2) is 48.5 Å². The fourth-order valence-corrected chi connectivity index (χ4v) is 6.33. The predicted molar refractivity (Wildman–Crippen MR) is 147 cm³/mol. The quantitative estimate of drug-likeness (QED) is 0.227. The summed E-state index contributed by atoms with van der Waals surface area (Å²) in [5, 5.41) is 10.6. The number of ether oxygens (including phenoxy) is 2. The van der Waals surface area contributed by atoms with E-state index in [9.17, 15) is 27.6 Å². The molecular formula is C31H37F4N3O3. The highest BCUT2D eigenvalue weighted by atomic mass is 19.4. The first kappa shape index (κ1) is 30.6. The number of piperidine rings is 1. The molecule has 6 nitrogen and oxygen atoms in total. The van der Waals surface area contributed by atoms with Crippen LogP contribution in [0, 0.1) is 29.0 Å². The molecule has 2 aliphatic rings. The SMILES string of the molecule is CCCC(CC(C#N)(c1cccc(F)c1)C1CCN(CC2CN(c3ccc(OC(F)(F)F)cc3)C2)CC1)OC(C)=O. The number of nitriles is 1. The summed E-state index contributed by atoms with van der Waals surface area (Å²) in [5.74, 6) is -0.599. The summed E-state index contributed by atoms with van der Waals surface area (Å²) in [6, 6.07) is 14.7. The van der Waals surface area contributed by atoms with Crippen LogP contribution in [0.1, 0.15) is 51.5 Å². The van der Waals surface area contributed by atoms with E-state index < -0.39 is 23.7 Å². The van der Waals surface area contributed by atoms with Gasteiger partial charge >= 0.3 is 12.3 Å². The minimum absolute atomic E-state index is 0.0178. The van der Waals surface area contributed by atoms with Crippen molar-refractivity contribution < 1.29 is 31.8 Å². The molecule has 10 heteroatoms. The second-order valence-electron chi connectivity index (χ2n) is 11.2. The highest BCUT2D eigenvalue weighted by molar-refractivity contribution is 5.66. The molecule has 4 rings (SSSR count). The van der Waals surface area contributed by atoms with Crippen LogP contribution in [0.2, 0.25) is 0 Å². The summed E-state index contributed by atoms with van der Waals surface area (Å²) in [7, 11) is 0. The topological polar surface area (TPSA) is 65.8 Å². The lowest BCUT2D eigenvalue weighted by atomic mass is 9.64. The summed E-state index contributed by atoms with van der Waals surface area (Å²) in [4.78, 5) is 16.3. The number of carbonyl (C=O) groups excluding carboxylic acids is 1. The molecule has 2 fully saturated rings. The Morgan fingerprint density at radius 3 is 2.37 bits per heavy atom. The molecule has 2 aromatic rings. The van der Waals surface area contributed by atoms with E-state index in [2.05, 4.69) is 20.6 Å². The van der Waals surface area contributed by atoms with Gasteiger partial charge in [0.15, 0.2) is 0 Å². The smallest absolute Gasteiger partial charge is 0.462 e. The van der Waals surface area contributed by atoms with Crippen molar-refractivity contribution in [3.8, 4) is 11.8 Å². The molecule has 41 heavy (non-hydrogen) atoms. The van der Waals surface area contributed by atoms with Crippen LogP contribution in [0.25, 0.3) is 0 Å². The maximum Gasteiger partial charge on any atom is 0.573 e. The Balaban J connectivity index is 1.36. The molecule has 0 N–H and O–H groups in total. The van der Waals surface area contributed by atoms with E-state index in [4.69, 9.17) is 4.74 Å². The van der Waals surface area contributed by atoms with E-state index in [-0.39, 0.29) is 17.6 Å². The van der Waals surface area contributed by atoms with Crippen molar-refractivity contribution in [3.63, 3.8) is 0 Å². The fourth-order valence-electron chi connectivity index (χ4n) is 6.33. The van der Waals surface area contributed by atoms with Crippen molar-refractivity contribution in [2.24, 2.45) is 11.8 Å². The van der Waals surface area contributed by atoms with Gasteiger partial charge in [-0.1, -0.05) is 25.5 Å². The Bertz CT molecular complexity index is 1200. The van der Waals surface area contributed by atoms with Crippen LogP contribution < -0.4 is 9.64 Å². The van der Waals surface area contributed by atoms with Crippen molar-refractivity contribution in [3.05, 3.63) is 59.9 Å². The molecule has 0 aliphatic carbocycles. The molecule has 2 heterocycles. The van der Waals surface area contributed by atoms with Crippen LogP contribution in [0.4, 0.5) is 23.2 Å². The van der Waals surface area contributed by atoms with Crippen molar-refractivity contribution in [2.45, 2.75) is 63.8 Å². The summed E-state index contributed by atoms with van der Waals surface area (Å²) >= 11 is 0. The van der Waals surface area contributed by atoms with Crippen molar-refractivity contribution in [2.75, 3.05) is 37.6 Å². The van der Waals surface area contributed by atoms with E-state index in [1.807, 2.05) is 6.92 Å². The zero-order valence-electron chi connectivity index (χ0n) is 23.5. The summed E-state index contributed by atoms with van der Waals surface area (Å²) < 4.78 is 61.1. The van der Waals surface area contributed by atoms with Gasteiger partial charge in [0.05, 0.1) is 11.5 Å². The average Bonchev–Trinajstić information content (AvgIpc) is 2.89. The number of carbonyl (C=O) groups is 1. The minimum Gasteiger partial charge on any atom is -0.462 e. The molecule has 0 saturated carbocycles. The Kier molecular flexibility index (Phi) is 9.80. The number of rotatable bonds is 11. The van der Waals surface area contributed by atoms with Crippen LogP contribution in [-0.4, -0.2) is 56.1 Å². The second kappa shape index (κ2) is 13.1. The number of esters is 1. The number of alkyl halides is 3. The van der Waals surface area contributed by atoms with Crippen LogP contribution in [0.3, 0.4) is 0 Å². The van der Waals surface area contributed by atoms with Crippen molar-refractivity contribution in [1.29, 1.82) is 5.26 Å². The standard InChI is InChI=1S/C31H37F4N3O3/c1-3-5-29(40-22(2)39)17-30(21-36,25-6-4-7-26(32)16-25)24-12-14-37(15-13-24)18-23-19-38(20-23)27-8-10-28(11-9-27)41-31(33,34)35/h4,6-11,16,23-24,29H,3,5,12-15,17-20H2,1-2H3. The third kappa shape index (κ3) is 7.91. The zero-order chi connectivity index (χ0) is 29.6. The lowest BCUT2D eigenvalue weighted by Gasteiger charge is -2.46. The van der Waals surface area contributed by atoms with E-state index >= 15 is 0 Å². The largest absolute Gasteiger partial charge is 0.573 e. The first-order valence-electron chi connectivity index (χ1n) is 14.2. The van der Waals surface area contributed by atoms with Gasteiger partial charge in [-0.2, -0.15) is 5.26 Å². The van der Waals surface area contributed by atoms with Crippen LogP contribution >= 0.6 is 0 Å². The van der Waals surface area contributed by atoms with E-state index in [0.29, 0.717) is 24.3 Å². The molecule has 0 radical (unpaired) electrons. The lowest BCUT2D eigenvalue weighted by Crippen LogP contribution is -2.53. The van der Waals surface area contributed by atoms with Gasteiger partial charge in [-0.3, -0.25) is 4.79 Å².